The van der Waals surface area contributed by atoms with Crippen molar-refractivity contribution in [3.8, 4) is 5.75 Å². The molecule has 2 heterocycles. The highest BCUT2D eigenvalue weighted by Crippen LogP contribution is 2.30. The molecule has 0 unspecified atom stereocenters. The summed E-state index contributed by atoms with van der Waals surface area (Å²) in [6.45, 7) is 1.77. The van der Waals surface area contributed by atoms with E-state index in [1.54, 1.807) is 6.92 Å². The first-order valence-electron chi connectivity index (χ1n) is 9.42. The number of hydrogen-bond acceptors (Lipinski definition) is 5. The minimum absolute atomic E-state index is 0.00430. The van der Waals surface area contributed by atoms with Crippen molar-refractivity contribution in [3.05, 3.63) is 70.2 Å². The van der Waals surface area contributed by atoms with Crippen LogP contribution in [-0.4, -0.2) is 26.3 Å². The number of sulfonamides is 1. The number of aromatic amines is 1. The monoisotopic (exact) mass is 466 g/mol. The minimum atomic E-state index is -4.81. The molecule has 168 valence electrons. The molecule has 4 rings (SSSR count). The van der Waals surface area contributed by atoms with Gasteiger partial charge in [-0.15, -0.1) is 13.2 Å². The van der Waals surface area contributed by atoms with Gasteiger partial charge in [0.2, 0.25) is 10.0 Å². The summed E-state index contributed by atoms with van der Waals surface area (Å²) >= 11 is 0. The third kappa shape index (κ3) is 4.63. The Bertz CT molecular complexity index is 1470. The van der Waals surface area contributed by atoms with E-state index < -0.39 is 22.0 Å². The summed E-state index contributed by atoms with van der Waals surface area (Å²) in [5, 5.41) is 0.973. The number of halogens is 3. The molecule has 2 N–H and O–H groups in total. The van der Waals surface area contributed by atoms with Gasteiger partial charge in [0.1, 0.15) is 11.3 Å². The van der Waals surface area contributed by atoms with Gasteiger partial charge in [-0.25, -0.2) is 17.9 Å². The smallest absolute Gasteiger partial charge is 0.423 e. The first-order chi connectivity index (χ1) is 15.0. The summed E-state index contributed by atoms with van der Waals surface area (Å²) in [5.41, 5.74) is 1.73. The highest BCUT2D eigenvalue weighted by atomic mass is 32.2. The van der Waals surface area contributed by atoms with Crippen LogP contribution in [0.3, 0.4) is 0 Å². The van der Waals surface area contributed by atoms with Crippen LogP contribution in [0.25, 0.3) is 21.9 Å². The zero-order chi connectivity index (χ0) is 23.1. The molecule has 0 saturated heterocycles. The van der Waals surface area contributed by atoms with Crippen LogP contribution in [-0.2, 0) is 16.4 Å². The number of nitrogens with one attached hydrogen (secondary N) is 2. The van der Waals surface area contributed by atoms with E-state index in [0.29, 0.717) is 27.5 Å². The van der Waals surface area contributed by atoms with Crippen molar-refractivity contribution in [2.24, 2.45) is 0 Å². The normalized spacial score (nSPS) is 12.5. The molecule has 0 spiro atoms. The third-order valence-electron chi connectivity index (χ3n) is 4.89. The average molecular weight is 466 g/mol. The molecule has 0 amide bonds. The lowest BCUT2D eigenvalue weighted by Crippen LogP contribution is -2.26. The molecule has 0 aliphatic heterocycles. The average Bonchev–Trinajstić information content (AvgIpc) is 3.01. The number of ether oxygens (including phenoxy) is 1. The number of rotatable bonds is 6. The van der Waals surface area contributed by atoms with Crippen molar-refractivity contribution in [3.63, 3.8) is 0 Å². The molecule has 0 fully saturated rings. The Morgan fingerprint density at radius 1 is 1.09 bits per heavy atom. The molecule has 0 aliphatic carbocycles. The minimum Gasteiger partial charge on any atom is -0.423 e. The summed E-state index contributed by atoms with van der Waals surface area (Å²) < 4.78 is 74.4. The fraction of sp³-hybridized carbons (Fsp3) is 0.190. The molecule has 0 aliphatic rings. The van der Waals surface area contributed by atoms with E-state index in [-0.39, 0.29) is 29.2 Å². The van der Waals surface area contributed by atoms with Crippen molar-refractivity contribution in [2.45, 2.75) is 24.6 Å². The van der Waals surface area contributed by atoms with Crippen LogP contribution in [0.5, 0.6) is 5.75 Å². The fourth-order valence-electron chi connectivity index (χ4n) is 3.49. The molecular weight excluding hydrogens is 449 g/mol. The molecule has 7 nitrogen and oxygen atoms in total. The molecular formula is C21H17F3N2O5S. The Morgan fingerprint density at radius 3 is 2.62 bits per heavy atom. The number of fused-ring (bicyclic) bond motifs is 2. The molecule has 4 aromatic rings. The zero-order valence-corrected chi connectivity index (χ0v) is 17.4. The van der Waals surface area contributed by atoms with Crippen LogP contribution in [0.2, 0.25) is 0 Å². The molecule has 2 aromatic heterocycles. The van der Waals surface area contributed by atoms with E-state index in [9.17, 15) is 26.4 Å². The van der Waals surface area contributed by atoms with Gasteiger partial charge in [0.15, 0.2) is 0 Å². The van der Waals surface area contributed by atoms with E-state index >= 15 is 0 Å². The Hall–Kier alpha value is -3.31. The third-order valence-corrected chi connectivity index (χ3v) is 6.35. The number of H-pyrrole nitrogens is 1. The van der Waals surface area contributed by atoms with Crippen molar-refractivity contribution in [1.82, 2.24) is 9.71 Å². The maximum absolute atomic E-state index is 12.7. The van der Waals surface area contributed by atoms with Crippen molar-refractivity contribution < 1.29 is 30.7 Å². The van der Waals surface area contributed by atoms with Gasteiger partial charge in [-0.1, -0.05) is 0 Å². The number of alkyl halides is 3. The summed E-state index contributed by atoms with van der Waals surface area (Å²) in [6, 6.07) is 10.7. The van der Waals surface area contributed by atoms with Crippen LogP contribution in [0.4, 0.5) is 13.2 Å². The van der Waals surface area contributed by atoms with Crippen LogP contribution >= 0.6 is 0 Å². The maximum Gasteiger partial charge on any atom is 0.573 e. The molecule has 0 radical (unpaired) electrons. The van der Waals surface area contributed by atoms with Gasteiger partial charge in [-0.05, 0) is 61.4 Å². The Kier molecular flexibility index (Phi) is 5.47. The molecule has 0 saturated carbocycles. The largest absolute Gasteiger partial charge is 0.573 e. The number of aryl methyl sites for hydroxylation is 1. The predicted molar refractivity (Wildman–Crippen MR) is 111 cm³/mol. The Balaban J connectivity index is 1.53. The quantitative estimate of drug-likeness (QED) is 0.418. The lowest BCUT2D eigenvalue weighted by Gasteiger charge is -2.10. The molecule has 0 atom stereocenters. The van der Waals surface area contributed by atoms with E-state index in [2.05, 4.69) is 14.4 Å². The molecule has 11 heteroatoms. The van der Waals surface area contributed by atoms with E-state index in [0.717, 1.165) is 0 Å². The van der Waals surface area contributed by atoms with Gasteiger partial charge in [0, 0.05) is 34.6 Å². The van der Waals surface area contributed by atoms with E-state index in [4.69, 9.17) is 4.42 Å². The van der Waals surface area contributed by atoms with Gasteiger partial charge in [-0.2, -0.15) is 0 Å². The standard InChI is InChI=1S/C21H17F3N2O5S/c1-12-16(17-11-14(31-21(22,23)24)3-5-18(17)26-12)8-9-25-32(28,29)15-4-6-19-13(10-15)2-7-20(27)30-19/h2-7,10-11,25-26H,8-9H2,1H3. The Labute approximate surface area is 179 Å². The number of aromatic nitrogens is 1. The lowest BCUT2D eigenvalue weighted by atomic mass is 10.1. The second-order valence-corrected chi connectivity index (χ2v) is 8.85. The zero-order valence-electron chi connectivity index (χ0n) is 16.6. The van der Waals surface area contributed by atoms with Crippen molar-refractivity contribution in [2.75, 3.05) is 6.54 Å². The fourth-order valence-corrected chi connectivity index (χ4v) is 4.56. The molecule has 2 aromatic carbocycles. The summed E-state index contributed by atoms with van der Waals surface area (Å²) in [4.78, 5) is 14.3. The highest BCUT2D eigenvalue weighted by Gasteiger charge is 2.31. The number of hydrogen-bond donors (Lipinski definition) is 2. The molecule has 0 bridgehead atoms. The lowest BCUT2D eigenvalue weighted by molar-refractivity contribution is -0.274. The van der Waals surface area contributed by atoms with Crippen LogP contribution in [0, 0.1) is 6.92 Å². The first-order valence-corrected chi connectivity index (χ1v) is 10.9. The van der Waals surface area contributed by atoms with Gasteiger partial charge in [-0.3, -0.25) is 0 Å². The van der Waals surface area contributed by atoms with Gasteiger partial charge in [0.05, 0.1) is 4.90 Å². The molecule has 32 heavy (non-hydrogen) atoms. The maximum atomic E-state index is 12.7. The van der Waals surface area contributed by atoms with E-state index in [1.807, 2.05) is 0 Å². The van der Waals surface area contributed by atoms with Crippen LogP contribution in [0.15, 0.2) is 62.6 Å². The topological polar surface area (TPSA) is 101 Å². The van der Waals surface area contributed by atoms with Crippen molar-refractivity contribution >= 4 is 31.9 Å². The van der Waals surface area contributed by atoms with Crippen LogP contribution in [0.1, 0.15) is 11.3 Å². The SMILES string of the molecule is Cc1[nH]c2ccc(OC(F)(F)F)cc2c1CCNS(=O)(=O)c1ccc2oc(=O)ccc2c1. The van der Waals surface area contributed by atoms with Gasteiger partial charge >= 0.3 is 12.0 Å². The second-order valence-electron chi connectivity index (χ2n) is 7.09. The van der Waals surface area contributed by atoms with Crippen LogP contribution < -0.4 is 15.1 Å². The van der Waals surface area contributed by atoms with E-state index in [1.165, 1.54) is 48.5 Å². The Morgan fingerprint density at radius 2 is 1.88 bits per heavy atom. The summed E-state index contributed by atoms with van der Waals surface area (Å²) in [7, 11) is -3.87. The van der Waals surface area contributed by atoms with Crippen molar-refractivity contribution in [1.29, 1.82) is 0 Å². The first kappa shape index (κ1) is 21.9. The highest BCUT2D eigenvalue weighted by molar-refractivity contribution is 7.89. The van der Waals surface area contributed by atoms with Gasteiger partial charge in [0.25, 0.3) is 0 Å². The predicted octanol–water partition coefficient (Wildman–Crippen LogP) is 4.00. The second kappa shape index (κ2) is 7.99. The summed E-state index contributed by atoms with van der Waals surface area (Å²) in [5.74, 6) is -0.353. The number of benzene rings is 2. The van der Waals surface area contributed by atoms with Gasteiger partial charge < -0.3 is 14.1 Å². The summed E-state index contributed by atoms with van der Waals surface area (Å²) in [6.07, 6.45) is -4.57.